The highest BCUT2D eigenvalue weighted by Gasteiger charge is 2.15. The fourth-order valence-corrected chi connectivity index (χ4v) is 2.04. The van der Waals surface area contributed by atoms with E-state index in [1.807, 2.05) is 6.07 Å². The highest BCUT2D eigenvalue weighted by molar-refractivity contribution is 9.10. The minimum atomic E-state index is -0.222. The van der Waals surface area contributed by atoms with Crippen LogP contribution in [0.2, 0.25) is 0 Å². The van der Waals surface area contributed by atoms with Crippen molar-refractivity contribution in [1.29, 1.82) is 5.26 Å². The molecule has 0 aliphatic rings. The Hall–Kier alpha value is -1.80. The fourth-order valence-electron chi connectivity index (χ4n) is 1.61. The molecule has 0 spiro atoms. The maximum atomic E-state index is 11.9. The van der Waals surface area contributed by atoms with Gasteiger partial charge in [-0.2, -0.15) is 5.26 Å². The molecule has 0 unspecified atom stereocenters. The van der Waals surface area contributed by atoms with Crippen LogP contribution < -0.4 is 9.47 Å². The molecule has 0 heterocycles. The molecule has 1 rings (SSSR count). The predicted octanol–water partition coefficient (Wildman–Crippen LogP) is 3.60. The maximum Gasteiger partial charge on any atom is 0.175 e. The molecule has 0 saturated heterocycles. The first kappa shape index (κ1) is 16.3. The van der Waals surface area contributed by atoms with Gasteiger partial charge >= 0.3 is 0 Å². The molecule has 0 radical (unpaired) electrons. The normalized spacial score (nSPS) is 11.2. The van der Waals surface area contributed by atoms with Crippen LogP contribution >= 0.6 is 15.9 Å². The molecule has 106 valence electrons. The van der Waals surface area contributed by atoms with Gasteiger partial charge in [-0.05, 0) is 23.8 Å². The van der Waals surface area contributed by atoms with Crippen molar-refractivity contribution in [3.63, 3.8) is 0 Å². The lowest BCUT2D eigenvalue weighted by Crippen LogP contribution is -2.08. The first-order valence-corrected chi connectivity index (χ1v) is 6.81. The van der Waals surface area contributed by atoms with Gasteiger partial charge in [0.25, 0.3) is 0 Å². The van der Waals surface area contributed by atoms with Crippen molar-refractivity contribution >= 4 is 27.8 Å². The van der Waals surface area contributed by atoms with Crippen LogP contribution in [0.25, 0.3) is 6.08 Å². The molecular formula is C15H16BrNO3. The zero-order valence-corrected chi connectivity index (χ0v) is 13.4. The van der Waals surface area contributed by atoms with E-state index in [-0.39, 0.29) is 17.3 Å². The Morgan fingerprint density at radius 2 is 1.85 bits per heavy atom. The molecule has 0 atom stereocenters. The molecule has 1 aromatic carbocycles. The maximum absolute atomic E-state index is 11.9. The van der Waals surface area contributed by atoms with E-state index < -0.39 is 0 Å². The van der Waals surface area contributed by atoms with Crippen LogP contribution in [0.3, 0.4) is 0 Å². The molecule has 0 fully saturated rings. The minimum Gasteiger partial charge on any atom is -0.493 e. The molecule has 4 nitrogen and oxygen atoms in total. The summed E-state index contributed by atoms with van der Waals surface area (Å²) in [6.07, 6.45) is 1.55. The second-order valence-corrected chi connectivity index (χ2v) is 5.27. The van der Waals surface area contributed by atoms with Crippen molar-refractivity contribution in [2.45, 2.75) is 13.8 Å². The molecule has 0 N–H and O–H groups in total. The molecule has 5 heteroatoms. The van der Waals surface area contributed by atoms with Crippen LogP contribution in [0.5, 0.6) is 11.5 Å². The Morgan fingerprint density at radius 3 is 2.30 bits per heavy atom. The average Bonchev–Trinajstić information content (AvgIpc) is 2.44. The first-order chi connectivity index (χ1) is 9.44. The number of ether oxygens (including phenoxy) is 2. The molecule has 0 aromatic heterocycles. The van der Waals surface area contributed by atoms with Crippen molar-refractivity contribution in [3.05, 3.63) is 27.7 Å². The quantitative estimate of drug-likeness (QED) is 0.608. The highest BCUT2D eigenvalue weighted by atomic mass is 79.9. The molecule has 20 heavy (non-hydrogen) atoms. The summed E-state index contributed by atoms with van der Waals surface area (Å²) in [5.41, 5.74) is 0.807. The standard InChI is InChI=1S/C15H16BrNO3/c1-9(2)15(18)11(8-17)5-10-6-13(19-3)14(20-4)7-12(10)16/h5-7,9H,1-4H3. The number of carbonyl (C=O) groups excluding carboxylic acids is 1. The summed E-state index contributed by atoms with van der Waals surface area (Å²) in [5.74, 6) is 0.704. The molecular weight excluding hydrogens is 322 g/mol. The van der Waals surface area contributed by atoms with E-state index >= 15 is 0 Å². The molecule has 0 bridgehead atoms. The van der Waals surface area contributed by atoms with Gasteiger partial charge in [0.15, 0.2) is 17.3 Å². The number of hydrogen-bond acceptors (Lipinski definition) is 4. The molecule has 1 aromatic rings. The van der Waals surface area contributed by atoms with E-state index in [9.17, 15) is 4.79 Å². The molecule has 0 saturated carbocycles. The Morgan fingerprint density at radius 1 is 1.30 bits per heavy atom. The second-order valence-electron chi connectivity index (χ2n) is 4.42. The zero-order chi connectivity index (χ0) is 15.3. The van der Waals surface area contributed by atoms with Crippen molar-refractivity contribution in [1.82, 2.24) is 0 Å². The average molecular weight is 338 g/mol. The first-order valence-electron chi connectivity index (χ1n) is 6.02. The third kappa shape index (κ3) is 3.61. The van der Waals surface area contributed by atoms with Crippen molar-refractivity contribution in [3.8, 4) is 17.6 Å². The Bertz CT molecular complexity index is 586. The van der Waals surface area contributed by atoms with Crippen molar-refractivity contribution < 1.29 is 14.3 Å². The van der Waals surface area contributed by atoms with Gasteiger partial charge in [0.05, 0.1) is 19.8 Å². The van der Waals surface area contributed by atoms with Gasteiger partial charge in [-0.3, -0.25) is 4.79 Å². The highest BCUT2D eigenvalue weighted by Crippen LogP contribution is 2.34. The van der Waals surface area contributed by atoms with Crippen LogP contribution in [0.15, 0.2) is 22.2 Å². The van der Waals surface area contributed by atoms with Crippen LogP contribution in [0.1, 0.15) is 19.4 Å². The van der Waals surface area contributed by atoms with Gasteiger partial charge in [-0.15, -0.1) is 0 Å². The predicted molar refractivity (Wildman–Crippen MR) is 80.7 cm³/mol. The van der Waals surface area contributed by atoms with E-state index in [0.717, 1.165) is 4.47 Å². The smallest absolute Gasteiger partial charge is 0.175 e. The van der Waals surface area contributed by atoms with Crippen molar-refractivity contribution in [2.24, 2.45) is 5.92 Å². The number of Topliss-reactive ketones (excluding diaryl/α,β-unsaturated/α-hetero) is 1. The third-order valence-electron chi connectivity index (χ3n) is 2.71. The third-order valence-corrected chi connectivity index (χ3v) is 3.40. The largest absolute Gasteiger partial charge is 0.493 e. The van der Waals surface area contributed by atoms with Gasteiger partial charge < -0.3 is 9.47 Å². The summed E-state index contributed by atoms with van der Waals surface area (Å²) in [5, 5.41) is 9.11. The van der Waals surface area contributed by atoms with Gasteiger partial charge in [0.2, 0.25) is 0 Å². The van der Waals surface area contributed by atoms with Gasteiger partial charge in [0.1, 0.15) is 6.07 Å². The van der Waals surface area contributed by atoms with E-state index in [1.54, 1.807) is 39.2 Å². The SMILES string of the molecule is COc1cc(Br)c(C=C(C#N)C(=O)C(C)C)cc1OC. The summed E-state index contributed by atoms with van der Waals surface area (Å²) in [6.45, 7) is 3.52. The summed E-state index contributed by atoms with van der Waals surface area (Å²) in [7, 11) is 3.08. The van der Waals surface area contributed by atoms with E-state index in [4.69, 9.17) is 14.7 Å². The number of benzene rings is 1. The van der Waals surface area contributed by atoms with Crippen LogP contribution in [0, 0.1) is 17.2 Å². The number of nitriles is 1. The number of carbonyl (C=O) groups is 1. The van der Waals surface area contributed by atoms with Gasteiger partial charge in [-0.1, -0.05) is 29.8 Å². The van der Waals surface area contributed by atoms with E-state index in [2.05, 4.69) is 15.9 Å². The molecule has 0 aliphatic carbocycles. The number of ketones is 1. The molecule has 0 aliphatic heterocycles. The van der Waals surface area contributed by atoms with Gasteiger partial charge in [-0.25, -0.2) is 0 Å². The minimum absolute atomic E-state index is 0.118. The topological polar surface area (TPSA) is 59.3 Å². The van der Waals surface area contributed by atoms with Crippen molar-refractivity contribution in [2.75, 3.05) is 14.2 Å². The Kier molecular flexibility index (Phi) is 5.78. The second kappa shape index (κ2) is 7.11. The summed E-state index contributed by atoms with van der Waals surface area (Å²) >= 11 is 3.39. The Balaban J connectivity index is 3.33. The number of hydrogen-bond donors (Lipinski definition) is 0. The fraction of sp³-hybridized carbons (Fsp3) is 0.333. The lowest BCUT2D eigenvalue weighted by atomic mass is 10.00. The monoisotopic (exact) mass is 337 g/mol. The number of halogens is 1. The lowest BCUT2D eigenvalue weighted by molar-refractivity contribution is -0.117. The zero-order valence-electron chi connectivity index (χ0n) is 11.9. The number of methoxy groups -OCH3 is 2. The summed E-state index contributed by atoms with van der Waals surface area (Å²) < 4.78 is 11.1. The van der Waals surface area contributed by atoms with Crippen LogP contribution in [-0.2, 0) is 4.79 Å². The summed E-state index contributed by atoms with van der Waals surface area (Å²) in [6, 6.07) is 5.40. The lowest BCUT2D eigenvalue weighted by Gasteiger charge is -2.10. The van der Waals surface area contributed by atoms with Crippen LogP contribution in [0.4, 0.5) is 0 Å². The Labute approximate surface area is 127 Å². The van der Waals surface area contributed by atoms with E-state index in [1.165, 1.54) is 7.11 Å². The van der Waals surface area contributed by atoms with Crippen LogP contribution in [-0.4, -0.2) is 20.0 Å². The van der Waals surface area contributed by atoms with Gasteiger partial charge in [0, 0.05) is 10.4 Å². The molecule has 0 amide bonds. The summed E-state index contributed by atoms with van der Waals surface area (Å²) in [4.78, 5) is 11.9. The number of nitrogens with zero attached hydrogens (tertiary/aromatic N) is 1. The van der Waals surface area contributed by atoms with E-state index in [0.29, 0.717) is 17.1 Å². The number of allylic oxidation sites excluding steroid dienone is 1. The number of rotatable bonds is 5.